The van der Waals surface area contributed by atoms with Crippen LogP contribution in [-0.2, 0) is 22.6 Å². The number of hydrogen-bond acceptors (Lipinski definition) is 3. The van der Waals surface area contributed by atoms with Crippen molar-refractivity contribution in [3.8, 4) is 0 Å². The molecule has 2 aliphatic heterocycles. The van der Waals surface area contributed by atoms with E-state index in [1.165, 1.54) is 9.75 Å². The molecule has 108 valence electrons. The summed E-state index contributed by atoms with van der Waals surface area (Å²) in [6, 6.07) is 3.66. The van der Waals surface area contributed by atoms with Crippen molar-refractivity contribution < 1.29 is 9.59 Å². The zero-order chi connectivity index (χ0) is 14.3. The van der Waals surface area contributed by atoms with E-state index in [0.29, 0.717) is 6.54 Å². The second-order valence-corrected chi connectivity index (χ2v) is 6.81. The summed E-state index contributed by atoms with van der Waals surface area (Å²) in [6.45, 7) is 5.29. The summed E-state index contributed by atoms with van der Waals surface area (Å²) in [7, 11) is 0. The molecule has 0 radical (unpaired) electrons. The molecule has 2 amide bonds. The number of carbonyl (C=O) groups excluding carboxylic acids is 2. The minimum atomic E-state index is -0.330. The SMILES string of the molecule is CCc1ccc(CN2C(=O)C3CCCN3C(=O)C2C)s1. The molecule has 3 rings (SSSR count). The largest absolute Gasteiger partial charge is 0.329 e. The van der Waals surface area contributed by atoms with Gasteiger partial charge in [-0.2, -0.15) is 0 Å². The first kappa shape index (κ1) is 13.6. The van der Waals surface area contributed by atoms with Gasteiger partial charge in [0.25, 0.3) is 0 Å². The van der Waals surface area contributed by atoms with Crippen LogP contribution in [0.2, 0.25) is 0 Å². The maximum atomic E-state index is 12.6. The fraction of sp³-hybridized carbons (Fsp3) is 0.600. The number of piperazine rings is 1. The summed E-state index contributed by atoms with van der Waals surface area (Å²) in [5.74, 6) is 0.236. The number of nitrogens with zero attached hydrogens (tertiary/aromatic N) is 2. The highest BCUT2D eigenvalue weighted by molar-refractivity contribution is 7.11. The standard InChI is InChI=1S/C15H20N2O2S/c1-3-11-6-7-12(20-11)9-17-10(2)14(18)16-8-4-5-13(16)15(17)19/h6-7,10,13H,3-5,8-9H2,1-2H3. The first-order chi connectivity index (χ1) is 9.61. The topological polar surface area (TPSA) is 40.6 Å². The van der Waals surface area contributed by atoms with Crippen LogP contribution in [0, 0.1) is 0 Å². The molecule has 1 aromatic rings. The molecular weight excluding hydrogens is 272 g/mol. The number of amides is 2. The fourth-order valence-corrected chi connectivity index (χ4v) is 4.08. The van der Waals surface area contributed by atoms with Gasteiger partial charge >= 0.3 is 0 Å². The number of carbonyl (C=O) groups is 2. The second-order valence-electron chi connectivity index (χ2n) is 5.55. The number of thiophene rings is 1. The van der Waals surface area contributed by atoms with E-state index >= 15 is 0 Å². The summed E-state index contributed by atoms with van der Waals surface area (Å²) in [5.41, 5.74) is 0. The Morgan fingerprint density at radius 1 is 1.25 bits per heavy atom. The van der Waals surface area contributed by atoms with Crippen molar-refractivity contribution in [2.45, 2.75) is 51.7 Å². The van der Waals surface area contributed by atoms with Crippen LogP contribution in [0.4, 0.5) is 0 Å². The van der Waals surface area contributed by atoms with Gasteiger partial charge in [0.2, 0.25) is 11.8 Å². The summed E-state index contributed by atoms with van der Waals surface area (Å²) >= 11 is 1.74. The van der Waals surface area contributed by atoms with Crippen molar-refractivity contribution in [2.24, 2.45) is 0 Å². The van der Waals surface area contributed by atoms with Crippen LogP contribution < -0.4 is 0 Å². The first-order valence-corrected chi connectivity index (χ1v) is 8.12. The maximum Gasteiger partial charge on any atom is 0.246 e. The molecule has 5 heteroatoms. The zero-order valence-electron chi connectivity index (χ0n) is 12.0. The predicted octanol–water partition coefficient (Wildman–Crippen LogP) is 2.03. The molecule has 2 aliphatic rings. The van der Waals surface area contributed by atoms with E-state index in [1.807, 2.05) is 6.92 Å². The van der Waals surface area contributed by atoms with E-state index in [9.17, 15) is 9.59 Å². The van der Waals surface area contributed by atoms with E-state index < -0.39 is 0 Å². The smallest absolute Gasteiger partial charge is 0.246 e. The highest BCUT2D eigenvalue weighted by Crippen LogP contribution is 2.29. The molecule has 0 spiro atoms. The zero-order valence-corrected chi connectivity index (χ0v) is 12.8. The Morgan fingerprint density at radius 2 is 2.00 bits per heavy atom. The van der Waals surface area contributed by atoms with Crippen molar-refractivity contribution in [3.63, 3.8) is 0 Å². The average Bonchev–Trinajstić information content (AvgIpc) is 3.10. The van der Waals surface area contributed by atoms with Crippen LogP contribution in [0.25, 0.3) is 0 Å². The lowest BCUT2D eigenvalue weighted by molar-refractivity contribution is -0.159. The van der Waals surface area contributed by atoms with Crippen molar-refractivity contribution in [2.75, 3.05) is 6.54 Å². The minimum absolute atomic E-state index is 0.111. The highest BCUT2D eigenvalue weighted by atomic mass is 32.1. The quantitative estimate of drug-likeness (QED) is 0.855. The van der Waals surface area contributed by atoms with Crippen molar-refractivity contribution >= 4 is 23.2 Å². The average molecular weight is 292 g/mol. The Bertz CT molecular complexity index is 540. The van der Waals surface area contributed by atoms with Gasteiger partial charge in [0, 0.05) is 16.3 Å². The molecule has 4 nitrogen and oxygen atoms in total. The van der Waals surface area contributed by atoms with Crippen LogP contribution in [0.15, 0.2) is 12.1 Å². The Morgan fingerprint density at radius 3 is 2.70 bits per heavy atom. The van der Waals surface area contributed by atoms with E-state index in [2.05, 4.69) is 19.1 Å². The molecule has 3 heterocycles. The monoisotopic (exact) mass is 292 g/mol. The van der Waals surface area contributed by atoms with E-state index in [-0.39, 0.29) is 23.9 Å². The van der Waals surface area contributed by atoms with Gasteiger partial charge in [-0.25, -0.2) is 0 Å². The molecule has 2 atom stereocenters. The van der Waals surface area contributed by atoms with Crippen molar-refractivity contribution in [3.05, 3.63) is 21.9 Å². The molecular formula is C15H20N2O2S. The van der Waals surface area contributed by atoms with Gasteiger partial charge in [-0.15, -0.1) is 11.3 Å². The van der Waals surface area contributed by atoms with Crippen LogP contribution in [0.5, 0.6) is 0 Å². The van der Waals surface area contributed by atoms with Gasteiger partial charge in [0.05, 0.1) is 6.54 Å². The van der Waals surface area contributed by atoms with Crippen LogP contribution in [0.3, 0.4) is 0 Å². The molecule has 20 heavy (non-hydrogen) atoms. The molecule has 0 saturated carbocycles. The molecule has 2 unspecified atom stereocenters. The van der Waals surface area contributed by atoms with E-state index in [0.717, 1.165) is 25.8 Å². The lowest BCUT2D eigenvalue weighted by Gasteiger charge is -2.40. The predicted molar refractivity (Wildman–Crippen MR) is 78.4 cm³/mol. The summed E-state index contributed by atoms with van der Waals surface area (Å²) in [6.07, 6.45) is 2.78. The lowest BCUT2D eigenvalue weighted by atomic mass is 10.1. The first-order valence-electron chi connectivity index (χ1n) is 7.30. The summed E-state index contributed by atoms with van der Waals surface area (Å²) < 4.78 is 0. The minimum Gasteiger partial charge on any atom is -0.329 e. The second kappa shape index (κ2) is 5.20. The highest BCUT2D eigenvalue weighted by Gasteiger charge is 2.45. The van der Waals surface area contributed by atoms with Gasteiger partial charge in [-0.05, 0) is 38.3 Å². The molecule has 0 aliphatic carbocycles. The Kier molecular flexibility index (Phi) is 3.54. The Labute approximate surface area is 123 Å². The van der Waals surface area contributed by atoms with Gasteiger partial charge in [-0.1, -0.05) is 6.92 Å². The normalized spacial score (nSPS) is 26.3. The van der Waals surface area contributed by atoms with Gasteiger partial charge in [0.1, 0.15) is 12.1 Å². The number of hydrogen-bond donors (Lipinski definition) is 0. The molecule has 0 bridgehead atoms. The molecule has 1 aromatic heterocycles. The van der Waals surface area contributed by atoms with Gasteiger partial charge in [-0.3, -0.25) is 9.59 Å². The Balaban J connectivity index is 1.80. The number of rotatable bonds is 3. The molecule has 0 aromatic carbocycles. The third-order valence-electron chi connectivity index (χ3n) is 4.32. The fourth-order valence-electron chi connectivity index (χ4n) is 3.12. The van der Waals surface area contributed by atoms with Crippen molar-refractivity contribution in [1.82, 2.24) is 9.80 Å². The molecule has 2 fully saturated rings. The number of fused-ring (bicyclic) bond motifs is 1. The molecule has 2 saturated heterocycles. The summed E-state index contributed by atoms with van der Waals surface area (Å²) in [5, 5.41) is 0. The third-order valence-corrected chi connectivity index (χ3v) is 5.54. The van der Waals surface area contributed by atoms with E-state index in [4.69, 9.17) is 0 Å². The lowest BCUT2D eigenvalue weighted by Crippen LogP contribution is -2.61. The van der Waals surface area contributed by atoms with Crippen LogP contribution in [-0.4, -0.2) is 40.2 Å². The maximum absolute atomic E-state index is 12.6. The van der Waals surface area contributed by atoms with Crippen LogP contribution in [0.1, 0.15) is 36.4 Å². The van der Waals surface area contributed by atoms with Gasteiger partial charge < -0.3 is 9.80 Å². The van der Waals surface area contributed by atoms with E-state index in [1.54, 1.807) is 21.1 Å². The Hall–Kier alpha value is -1.36. The van der Waals surface area contributed by atoms with Crippen molar-refractivity contribution in [1.29, 1.82) is 0 Å². The number of aryl methyl sites for hydroxylation is 1. The van der Waals surface area contributed by atoms with Crippen LogP contribution >= 0.6 is 11.3 Å². The molecule has 0 N–H and O–H groups in total. The van der Waals surface area contributed by atoms with Gasteiger partial charge in [0.15, 0.2) is 0 Å². The summed E-state index contributed by atoms with van der Waals surface area (Å²) in [4.78, 5) is 31.0. The third kappa shape index (κ3) is 2.14.